The summed E-state index contributed by atoms with van der Waals surface area (Å²) >= 11 is 0. The SMILES string of the molecule is Cn1nnnc1-c1cccc(/C=N\OCc2ccc3cccc(O)c3n2)c1. The molecule has 0 saturated heterocycles. The fourth-order valence-electron chi connectivity index (χ4n) is 2.69. The van der Waals surface area contributed by atoms with E-state index in [4.69, 9.17) is 4.84 Å². The van der Waals surface area contributed by atoms with Crippen LogP contribution >= 0.6 is 0 Å². The summed E-state index contributed by atoms with van der Waals surface area (Å²) in [7, 11) is 1.79. The highest BCUT2D eigenvalue weighted by atomic mass is 16.6. The summed E-state index contributed by atoms with van der Waals surface area (Å²) in [5.41, 5.74) is 2.98. The maximum absolute atomic E-state index is 9.89. The number of aromatic hydroxyl groups is 1. The van der Waals surface area contributed by atoms with Crippen molar-refractivity contribution < 1.29 is 9.94 Å². The molecule has 0 amide bonds. The molecule has 2 aromatic heterocycles. The topological polar surface area (TPSA) is 98.3 Å². The molecule has 4 aromatic rings. The highest BCUT2D eigenvalue weighted by molar-refractivity contribution is 5.84. The molecule has 134 valence electrons. The van der Waals surface area contributed by atoms with Gasteiger partial charge in [-0.25, -0.2) is 9.67 Å². The normalized spacial score (nSPS) is 11.3. The molecule has 0 aliphatic carbocycles. The number of aryl methyl sites for hydroxylation is 1. The van der Waals surface area contributed by atoms with Crippen LogP contribution < -0.4 is 0 Å². The second-order valence-electron chi connectivity index (χ2n) is 5.91. The number of phenolic OH excluding ortho intramolecular Hbond substituents is 1. The number of nitrogens with zero attached hydrogens (tertiary/aromatic N) is 6. The van der Waals surface area contributed by atoms with Gasteiger partial charge in [0.05, 0.1) is 11.9 Å². The van der Waals surface area contributed by atoms with E-state index >= 15 is 0 Å². The van der Waals surface area contributed by atoms with Gasteiger partial charge >= 0.3 is 0 Å². The summed E-state index contributed by atoms with van der Waals surface area (Å²) in [6, 6.07) is 16.7. The highest BCUT2D eigenvalue weighted by Gasteiger charge is 2.06. The maximum Gasteiger partial charge on any atom is 0.181 e. The van der Waals surface area contributed by atoms with Crippen LogP contribution in [-0.4, -0.2) is 36.5 Å². The number of para-hydroxylation sites is 1. The molecule has 0 bridgehead atoms. The number of tetrazole rings is 1. The lowest BCUT2D eigenvalue weighted by Crippen LogP contribution is -1.95. The van der Waals surface area contributed by atoms with Crippen LogP contribution in [0.2, 0.25) is 0 Å². The fraction of sp³-hybridized carbons (Fsp3) is 0.105. The number of benzene rings is 2. The Morgan fingerprint density at radius 2 is 2.04 bits per heavy atom. The Labute approximate surface area is 154 Å². The van der Waals surface area contributed by atoms with Crippen molar-refractivity contribution in [2.24, 2.45) is 12.2 Å². The van der Waals surface area contributed by atoms with E-state index < -0.39 is 0 Å². The minimum atomic E-state index is 0.146. The number of pyridine rings is 1. The van der Waals surface area contributed by atoms with Crippen LogP contribution in [0.15, 0.2) is 59.8 Å². The lowest BCUT2D eigenvalue weighted by Gasteiger charge is -2.04. The van der Waals surface area contributed by atoms with Crippen molar-refractivity contribution in [3.8, 4) is 17.1 Å². The van der Waals surface area contributed by atoms with E-state index in [9.17, 15) is 5.11 Å². The van der Waals surface area contributed by atoms with Gasteiger partial charge in [-0.1, -0.05) is 41.6 Å². The van der Waals surface area contributed by atoms with Gasteiger partial charge in [0.15, 0.2) is 12.4 Å². The van der Waals surface area contributed by atoms with Crippen molar-refractivity contribution >= 4 is 17.1 Å². The number of hydrogen-bond acceptors (Lipinski definition) is 7. The average Bonchev–Trinajstić information content (AvgIpc) is 3.12. The van der Waals surface area contributed by atoms with Gasteiger partial charge in [0.25, 0.3) is 0 Å². The van der Waals surface area contributed by atoms with Crippen LogP contribution in [0.25, 0.3) is 22.3 Å². The first-order chi connectivity index (χ1) is 13.2. The summed E-state index contributed by atoms with van der Waals surface area (Å²) in [6.07, 6.45) is 1.62. The van der Waals surface area contributed by atoms with Crippen molar-refractivity contribution in [2.45, 2.75) is 6.61 Å². The summed E-state index contributed by atoms with van der Waals surface area (Å²) < 4.78 is 1.60. The van der Waals surface area contributed by atoms with E-state index in [1.807, 2.05) is 42.5 Å². The van der Waals surface area contributed by atoms with E-state index in [2.05, 4.69) is 25.7 Å². The van der Waals surface area contributed by atoms with Crippen LogP contribution in [0, 0.1) is 0 Å². The standard InChI is InChI=1S/C19H16N6O2/c1-25-19(22-23-24-25)15-6-2-4-13(10-15)11-20-27-12-16-9-8-14-5-3-7-17(26)18(14)21-16/h2-11,26H,12H2,1H3/b20-11-. The zero-order chi connectivity index (χ0) is 18.6. The lowest BCUT2D eigenvalue weighted by molar-refractivity contribution is 0.129. The van der Waals surface area contributed by atoms with Crippen molar-refractivity contribution in [3.05, 3.63) is 65.9 Å². The molecule has 1 N–H and O–H groups in total. The summed E-state index contributed by atoms with van der Waals surface area (Å²) in [6.45, 7) is 0.202. The minimum Gasteiger partial charge on any atom is -0.506 e. The highest BCUT2D eigenvalue weighted by Crippen LogP contribution is 2.22. The molecule has 0 radical (unpaired) electrons. The van der Waals surface area contributed by atoms with Crippen LogP contribution in [0.1, 0.15) is 11.3 Å². The Morgan fingerprint density at radius 3 is 2.89 bits per heavy atom. The van der Waals surface area contributed by atoms with Gasteiger partial charge in [-0.05, 0) is 34.2 Å². The maximum atomic E-state index is 9.89. The van der Waals surface area contributed by atoms with Gasteiger partial charge < -0.3 is 9.94 Å². The molecule has 0 aliphatic rings. The Morgan fingerprint density at radius 1 is 1.15 bits per heavy atom. The Bertz CT molecular complexity index is 1120. The second kappa shape index (κ2) is 7.20. The van der Waals surface area contributed by atoms with Crippen molar-refractivity contribution in [1.82, 2.24) is 25.2 Å². The summed E-state index contributed by atoms with van der Waals surface area (Å²) in [4.78, 5) is 9.75. The number of aromatic nitrogens is 5. The second-order valence-corrected chi connectivity index (χ2v) is 5.91. The van der Waals surface area contributed by atoms with Crippen molar-refractivity contribution in [1.29, 1.82) is 0 Å². The van der Waals surface area contributed by atoms with E-state index in [1.165, 1.54) is 0 Å². The average molecular weight is 360 g/mol. The van der Waals surface area contributed by atoms with E-state index in [0.29, 0.717) is 17.0 Å². The third-order valence-corrected chi connectivity index (χ3v) is 4.01. The van der Waals surface area contributed by atoms with Gasteiger partial charge in [0.1, 0.15) is 11.3 Å². The number of fused-ring (bicyclic) bond motifs is 1. The van der Waals surface area contributed by atoms with Crippen LogP contribution in [0.3, 0.4) is 0 Å². The van der Waals surface area contributed by atoms with Crippen molar-refractivity contribution in [2.75, 3.05) is 0 Å². The molecule has 2 aromatic carbocycles. The third-order valence-electron chi connectivity index (χ3n) is 4.01. The fourth-order valence-corrected chi connectivity index (χ4v) is 2.69. The molecule has 0 saturated carbocycles. The number of hydrogen-bond donors (Lipinski definition) is 1. The van der Waals surface area contributed by atoms with E-state index in [1.54, 1.807) is 30.1 Å². The van der Waals surface area contributed by atoms with Crippen LogP contribution in [0.4, 0.5) is 0 Å². The number of oxime groups is 1. The predicted molar refractivity (Wildman–Crippen MR) is 100 cm³/mol. The largest absolute Gasteiger partial charge is 0.506 e. The molecule has 0 atom stereocenters. The number of rotatable bonds is 5. The van der Waals surface area contributed by atoms with Crippen LogP contribution in [-0.2, 0) is 18.5 Å². The smallest absolute Gasteiger partial charge is 0.181 e. The zero-order valence-electron chi connectivity index (χ0n) is 14.5. The van der Waals surface area contributed by atoms with E-state index in [-0.39, 0.29) is 12.4 Å². The monoisotopic (exact) mass is 360 g/mol. The van der Waals surface area contributed by atoms with Crippen LogP contribution in [0.5, 0.6) is 5.75 Å². The molecule has 27 heavy (non-hydrogen) atoms. The molecule has 0 aliphatic heterocycles. The van der Waals surface area contributed by atoms with Gasteiger partial charge in [-0.3, -0.25) is 0 Å². The first-order valence-corrected chi connectivity index (χ1v) is 8.26. The molecule has 8 heteroatoms. The summed E-state index contributed by atoms with van der Waals surface area (Å²) in [5.74, 6) is 0.819. The van der Waals surface area contributed by atoms with Gasteiger partial charge in [0.2, 0.25) is 0 Å². The molecule has 0 spiro atoms. The quantitative estimate of drug-likeness (QED) is 0.434. The van der Waals surface area contributed by atoms with Crippen molar-refractivity contribution in [3.63, 3.8) is 0 Å². The Balaban J connectivity index is 1.44. The zero-order valence-corrected chi connectivity index (χ0v) is 14.5. The minimum absolute atomic E-state index is 0.146. The molecule has 8 nitrogen and oxygen atoms in total. The summed E-state index contributed by atoms with van der Waals surface area (Å²) in [5, 5.41) is 26.2. The van der Waals surface area contributed by atoms with E-state index in [0.717, 1.165) is 16.5 Å². The molecular formula is C19H16N6O2. The predicted octanol–water partition coefficient (Wildman–Crippen LogP) is 2.68. The first-order valence-electron chi connectivity index (χ1n) is 8.26. The number of phenols is 1. The van der Waals surface area contributed by atoms with Gasteiger partial charge in [-0.2, -0.15) is 0 Å². The molecule has 4 rings (SSSR count). The Kier molecular flexibility index (Phi) is 4.44. The molecular weight excluding hydrogens is 344 g/mol. The lowest BCUT2D eigenvalue weighted by atomic mass is 10.1. The van der Waals surface area contributed by atoms with Gasteiger partial charge in [0, 0.05) is 18.0 Å². The molecule has 0 fully saturated rings. The Hall–Kier alpha value is -3.81. The van der Waals surface area contributed by atoms with Gasteiger partial charge in [-0.15, -0.1) is 5.10 Å². The first kappa shape index (κ1) is 16.6. The third kappa shape index (κ3) is 3.59. The molecule has 0 unspecified atom stereocenters. The molecule has 2 heterocycles.